The number of carboxylic acids is 1. The summed E-state index contributed by atoms with van der Waals surface area (Å²) in [6.45, 7) is 0.444. The SMILES string of the molecule is NCCCCCc1ccc2c(c1)C(=O)NCC(=O)N2c1ccc(C[C@@]2(C(=O)Oc3ccccc3)NC2(C=O)CC=O)cc1-c1ccccc1.O=C(O)C(F)(F)F. The van der Waals surface area contributed by atoms with Crippen molar-refractivity contribution in [3.8, 4) is 16.9 Å². The first kappa shape index (κ1) is 41.0. The molecule has 0 aromatic heterocycles. The van der Waals surface area contributed by atoms with Gasteiger partial charge in [0.2, 0.25) is 0 Å². The van der Waals surface area contributed by atoms with Gasteiger partial charge in [0.15, 0.2) is 0 Å². The predicted molar refractivity (Wildman–Crippen MR) is 199 cm³/mol. The number of rotatable bonds is 14. The van der Waals surface area contributed by atoms with Gasteiger partial charge >= 0.3 is 18.1 Å². The van der Waals surface area contributed by atoms with Crippen molar-refractivity contribution >= 4 is 47.7 Å². The highest BCUT2D eigenvalue weighted by molar-refractivity contribution is 6.14. The Morgan fingerprint density at radius 1 is 0.857 bits per heavy atom. The van der Waals surface area contributed by atoms with E-state index in [9.17, 15) is 37.1 Å². The van der Waals surface area contributed by atoms with Crippen molar-refractivity contribution in [2.75, 3.05) is 18.0 Å². The monoisotopic (exact) mass is 772 g/mol. The second-order valence-corrected chi connectivity index (χ2v) is 13.3. The molecule has 292 valence electrons. The number of ether oxygens (including phenoxy) is 1. The lowest BCUT2D eigenvalue weighted by Gasteiger charge is -2.26. The zero-order chi connectivity index (χ0) is 40.5. The number of carbonyl (C=O) groups is 6. The third-order valence-electron chi connectivity index (χ3n) is 9.51. The average Bonchev–Trinajstić information content (AvgIpc) is 3.86. The number of halogens is 3. The minimum Gasteiger partial charge on any atom is -0.475 e. The number of hydrogen-bond acceptors (Lipinski definition) is 9. The van der Waals surface area contributed by atoms with Gasteiger partial charge in [0.25, 0.3) is 11.8 Å². The smallest absolute Gasteiger partial charge is 0.475 e. The van der Waals surface area contributed by atoms with Gasteiger partial charge in [-0.15, -0.1) is 0 Å². The molecular formula is C41H39F3N4O8. The van der Waals surface area contributed by atoms with Gasteiger partial charge in [-0.1, -0.05) is 67.1 Å². The number of aryl methyl sites for hydroxylation is 1. The highest BCUT2D eigenvalue weighted by Gasteiger charge is 2.73. The van der Waals surface area contributed by atoms with E-state index in [-0.39, 0.29) is 31.2 Å². The average molecular weight is 773 g/mol. The lowest BCUT2D eigenvalue weighted by Crippen LogP contribution is -2.41. The van der Waals surface area contributed by atoms with Crippen LogP contribution in [0.2, 0.25) is 0 Å². The van der Waals surface area contributed by atoms with Crippen molar-refractivity contribution < 1.29 is 51.8 Å². The van der Waals surface area contributed by atoms with Gasteiger partial charge in [0, 0.05) is 18.4 Å². The van der Waals surface area contributed by atoms with Gasteiger partial charge in [0.1, 0.15) is 29.4 Å². The van der Waals surface area contributed by atoms with Crippen molar-refractivity contribution in [2.45, 2.75) is 55.8 Å². The lowest BCUT2D eigenvalue weighted by atomic mass is 9.85. The van der Waals surface area contributed by atoms with Crippen molar-refractivity contribution in [3.05, 3.63) is 114 Å². The second-order valence-electron chi connectivity index (χ2n) is 13.3. The molecule has 0 bridgehead atoms. The Labute approximate surface area is 319 Å². The van der Waals surface area contributed by atoms with Crippen LogP contribution in [-0.4, -0.2) is 71.8 Å². The summed E-state index contributed by atoms with van der Waals surface area (Å²) in [5, 5.41) is 12.9. The third-order valence-corrected chi connectivity index (χ3v) is 9.51. The molecule has 12 nitrogen and oxygen atoms in total. The van der Waals surface area contributed by atoms with E-state index < -0.39 is 29.2 Å². The molecule has 4 aromatic carbocycles. The maximum Gasteiger partial charge on any atom is 0.490 e. The lowest BCUT2D eigenvalue weighted by molar-refractivity contribution is -0.192. The number of esters is 1. The van der Waals surface area contributed by atoms with Crippen LogP contribution in [0.5, 0.6) is 5.75 Å². The van der Waals surface area contributed by atoms with E-state index in [1.54, 1.807) is 47.4 Å². The summed E-state index contributed by atoms with van der Waals surface area (Å²) < 4.78 is 37.4. The number of amides is 2. The highest BCUT2D eigenvalue weighted by Crippen LogP contribution is 2.45. The molecule has 2 heterocycles. The molecule has 2 aliphatic heterocycles. The number of unbranched alkanes of at least 4 members (excludes halogenated alkanes) is 2. The quantitative estimate of drug-likeness (QED) is 0.0441. The fourth-order valence-electron chi connectivity index (χ4n) is 6.61. The topological polar surface area (TPSA) is 195 Å². The van der Waals surface area contributed by atoms with E-state index >= 15 is 0 Å². The summed E-state index contributed by atoms with van der Waals surface area (Å²) in [5.41, 5.74) is 7.28. The molecule has 1 fully saturated rings. The number of nitrogens with one attached hydrogen (secondary N) is 2. The van der Waals surface area contributed by atoms with Gasteiger partial charge in [-0.25, -0.2) is 9.59 Å². The standard InChI is InChI=1S/C39H38N4O6.C2HF3O2/c40-20-9-3-4-10-27-15-17-34-32(22-27)36(47)41-25-35(46)43(34)33-18-16-28(23-31(33)29-11-5-1-6-12-29)24-39(38(26-45,42-39)19-21-44)37(48)49-30-13-7-2-8-14-30;3-2(4,5)1(6)7/h1-2,5-8,11-18,21-23,26,42H,3-4,9-10,19-20,24-25,40H2,(H,41,47);(H,6,7)/t38?,39-;/m0./s1. The summed E-state index contributed by atoms with van der Waals surface area (Å²) in [5.74, 6) is -3.77. The Bertz CT molecular complexity index is 2100. The van der Waals surface area contributed by atoms with Crippen molar-refractivity contribution in [3.63, 3.8) is 0 Å². The number of nitrogens with zero attached hydrogens (tertiary/aromatic N) is 1. The normalized spacial score (nSPS) is 18.7. The highest BCUT2D eigenvalue weighted by atomic mass is 19.4. The number of aldehydes is 2. The first-order valence-electron chi connectivity index (χ1n) is 17.7. The number of carboxylic acid groups (broad SMARTS) is 1. The van der Waals surface area contributed by atoms with Gasteiger partial charge in [-0.2, -0.15) is 13.2 Å². The number of carbonyl (C=O) groups excluding carboxylic acids is 5. The fraction of sp³-hybridized carbons (Fsp3) is 0.268. The third kappa shape index (κ3) is 9.01. The maximum absolute atomic E-state index is 13.8. The Balaban J connectivity index is 0.000000784. The molecule has 0 saturated carbocycles. The fourth-order valence-corrected chi connectivity index (χ4v) is 6.61. The van der Waals surface area contributed by atoms with E-state index in [0.29, 0.717) is 52.9 Å². The van der Waals surface area contributed by atoms with Gasteiger partial charge in [-0.3, -0.25) is 19.8 Å². The Kier molecular flexibility index (Phi) is 12.8. The number of alkyl halides is 3. The van der Waals surface area contributed by atoms with Crippen LogP contribution in [0.4, 0.5) is 24.5 Å². The van der Waals surface area contributed by atoms with Crippen molar-refractivity contribution in [1.82, 2.24) is 10.6 Å². The summed E-state index contributed by atoms with van der Waals surface area (Å²) in [6.07, 6.45) is -0.404. The predicted octanol–water partition coefficient (Wildman–Crippen LogP) is 5.08. The number of anilines is 2. The summed E-state index contributed by atoms with van der Waals surface area (Å²) in [6, 6.07) is 29.1. The molecule has 5 N–H and O–H groups in total. The molecule has 0 radical (unpaired) electrons. The molecule has 2 amide bonds. The summed E-state index contributed by atoms with van der Waals surface area (Å²) in [4.78, 5) is 75.3. The van der Waals surface area contributed by atoms with E-state index in [0.717, 1.165) is 36.8 Å². The number of aliphatic carboxylic acids is 1. The summed E-state index contributed by atoms with van der Waals surface area (Å²) in [7, 11) is 0. The van der Waals surface area contributed by atoms with Crippen molar-refractivity contribution in [2.24, 2.45) is 5.73 Å². The Morgan fingerprint density at radius 2 is 1.46 bits per heavy atom. The molecule has 56 heavy (non-hydrogen) atoms. The number of benzene rings is 4. The number of nitrogens with two attached hydrogens (primary N) is 1. The number of para-hydroxylation sites is 1. The minimum absolute atomic E-state index is 0.0312. The van der Waals surface area contributed by atoms with E-state index in [4.69, 9.17) is 20.4 Å². The van der Waals surface area contributed by atoms with Crippen LogP contribution >= 0.6 is 0 Å². The van der Waals surface area contributed by atoms with Gasteiger partial charge in [0.05, 0.1) is 23.5 Å². The molecule has 2 atom stereocenters. The first-order valence-corrected chi connectivity index (χ1v) is 17.7. The van der Waals surface area contributed by atoms with Gasteiger partial charge < -0.3 is 30.5 Å². The van der Waals surface area contributed by atoms with Crippen LogP contribution in [-0.2, 0) is 36.8 Å². The van der Waals surface area contributed by atoms with Crippen LogP contribution in [0.3, 0.4) is 0 Å². The molecular weight excluding hydrogens is 733 g/mol. The molecule has 0 spiro atoms. The largest absolute Gasteiger partial charge is 0.490 e. The summed E-state index contributed by atoms with van der Waals surface area (Å²) >= 11 is 0. The molecule has 0 aliphatic carbocycles. The molecule has 2 aliphatic rings. The molecule has 1 unspecified atom stereocenters. The van der Waals surface area contributed by atoms with Crippen LogP contribution in [0, 0.1) is 0 Å². The zero-order valence-electron chi connectivity index (χ0n) is 30.0. The van der Waals surface area contributed by atoms with Gasteiger partial charge in [-0.05, 0) is 78.9 Å². The molecule has 15 heteroatoms. The first-order chi connectivity index (χ1) is 26.8. The van der Waals surface area contributed by atoms with Crippen LogP contribution in [0.15, 0.2) is 97.1 Å². The van der Waals surface area contributed by atoms with E-state index in [1.807, 2.05) is 54.6 Å². The van der Waals surface area contributed by atoms with Crippen LogP contribution in [0.1, 0.15) is 47.2 Å². The van der Waals surface area contributed by atoms with Crippen LogP contribution in [0.25, 0.3) is 11.1 Å². The molecule has 4 aromatic rings. The minimum atomic E-state index is -5.08. The van der Waals surface area contributed by atoms with Crippen LogP contribution < -0.4 is 26.0 Å². The molecule has 6 rings (SSSR count). The zero-order valence-corrected chi connectivity index (χ0v) is 30.0. The second kappa shape index (κ2) is 17.5. The number of hydrogen-bond donors (Lipinski definition) is 4. The maximum atomic E-state index is 13.8. The Hall–Kier alpha value is -6.19. The van der Waals surface area contributed by atoms with E-state index in [2.05, 4.69) is 10.6 Å². The molecule has 1 saturated heterocycles. The van der Waals surface area contributed by atoms with Crippen molar-refractivity contribution in [1.29, 1.82) is 0 Å². The van der Waals surface area contributed by atoms with E-state index in [1.165, 1.54) is 0 Å². The Morgan fingerprint density at radius 3 is 2.07 bits per heavy atom. The number of fused-ring (bicyclic) bond motifs is 1.